The lowest BCUT2D eigenvalue weighted by Crippen LogP contribution is -2.40. The monoisotopic (exact) mass is 374 g/mol. The highest BCUT2D eigenvalue weighted by molar-refractivity contribution is 6.13. The molecule has 3 aromatic rings. The van der Waals surface area contributed by atoms with Gasteiger partial charge < -0.3 is 10.4 Å². The zero-order chi connectivity index (χ0) is 19.7. The number of hydrogen-bond donors (Lipinski definition) is 2. The molecule has 3 aromatic carbocycles. The van der Waals surface area contributed by atoms with Gasteiger partial charge in [-0.3, -0.25) is 14.9 Å². The average Bonchev–Trinajstić information content (AvgIpc) is 3.01. The molecule has 0 radical (unpaired) electrons. The second-order valence-corrected chi connectivity index (χ2v) is 6.84. The molecule has 2 atom stereocenters. The molecule has 1 aliphatic heterocycles. The number of rotatable bonds is 5. The second kappa shape index (κ2) is 6.90. The predicted molar refractivity (Wildman–Crippen MR) is 105 cm³/mol. The van der Waals surface area contributed by atoms with Gasteiger partial charge in [-0.15, -0.1) is 0 Å². The summed E-state index contributed by atoms with van der Waals surface area (Å²) in [6.45, 7) is 0. The Kier molecular flexibility index (Phi) is 4.41. The second-order valence-electron chi connectivity index (χ2n) is 6.84. The molecule has 1 heterocycles. The average molecular weight is 374 g/mol. The summed E-state index contributed by atoms with van der Waals surface area (Å²) in [5, 5.41) is 25.1. The molecule has 140 valence electrons. The minimum absolute atomic E-state index is 0.0452. The zero-order valence-corrected chi connectivity index (χ0v) is 14.9. The van der Waals surface area contributed by atoms with Gasteiger partial charge in [0.1, 0.15) is 5.54 Å². The molecule has 6 nitrogen and oxygen atoms in total. The number of aliphatic hydroxyl groups excluding tert-OH is 1. The maximum atomic E-state index is 13.4. The quantitative estimate of drug-likeness (QED) is 0.515. The molecular formula is C22H18N2O4. The molecule has 1 aliphatic rings. The van der Waals surface area contributed by atoms with Crippen molar-refractivity contribution in [1.29, 1.82) is 0 Å². The van der Waals surface area contributed by atoms with Crippen LogP contribution in [0.5, 0.6) is 0 Å². The van der Waals surface area contributed by atoms with E-state index in [1.54, 1.807) is 6.07 Å². The van der Waals surface area contributed by atoms with E-state index in [4.69, 9.17) is 0 Å². The Morgan fingerprint density at radius 2 is 1.61 bits per heavy atom. The molecule has 0 aliphatic carbocycles. The first kappa shape index (κ1) is 17.9. The molecule has 0 fully saturated rings. The van der Waals surface area contributed by atoms with E-state index in [9.17, 15) is 20.0 Å². The van der Waals surface area contributed by atoms with Crippen LogP contribution in [0.2, 0.25) is 0 Å². The van der Waals surface area contributed by atoms with Crippen molar-refractivity contribution in [2.24, 2.45) is 0 Å². The number of nitro benzene ring substituents is 1. The van der Waals surface area contributed by atoms with Crippen LogP contribution in [-0.4, -0.2) is 15.8 Å². The largest absolute Gasteiger partial charge is 0.388 e. The summed E-state index contributed by atoms with van der Waals surface area (Å²) in [6, 6.07) is 22.3. The Labute approximate surface area is 161 Å². The Balaban J connectivity index is 1.72. The molecule has 28 heavy (non-hydrogen) atoms. The molecule has 6 heteroatoms. The minimum Gasteiger partial charge on any atom is -0.388 e. The van der Waals surface area contributed by atoms with E-state index in [-0.39, 0.29) is 17.9 Å². The van der Waals surface area contributed by atoms with Gasteiger partial charge in [-0.05, 0) is 35.4 Å². The number of nitrogens with one attached hydrogen (secondary N) is 1. The van der Waals surface area contributed by atoms with E-state index in [1.165, 1.54) is 24.3 Å². The van der Waals surface area contributed by atoms with E-state index in [1.807, 2.05) is 48.5 Å². The van der Waals surface area contributed by atoms with Crippen LogP contribution in [0, 0.1) is 10.1 Å². The third kappa shape index (κ3) is 2.93. The van der Waals surface area contributed by atoms with Crippen molar-refractivity contribution < 1.29 is 14.8 Å². The number of carbonyl (C=O) groups is 1. The van der Waals surface area contributed by atoms with Gasteiger partial charge in [0.05, 0.1) is 11.0 Å². The molecule has 0 amide bonds. The number of nitrogens with zero attached hydrogens (tertiary/aromatic N) is 1. The summed E-state index contributed by atoms with van der Waals surface area (Å²) in [5.74, 6) is -0.102. The van der Waals surface area contributed by atoms with Gasteiger partial charge in [-0.25, -0.2) is 0 Å². The van der Waals surface area contributed by atoms with Crippen LogP contribution < -0.4 is 5.32 Å². The molecular weight excluding hydrogens is 356 g/mol. The standard InChI is InChI=1S/C22H18N2O4/c25-20(15-10-12-17(13-11-15)24(27)28)14-22(16-6-2-1-3-7-16)21(26)18-8-4-5-9-19(18)23-22/h1-13,20,23,25H,14H2. The van der Waals surface area contributed by atoms with E-state index >= 15 is 0 Å². The Morgan fingerprint density at radius 1 is 0.964 bits per heavy atom. The molecule has 0 spiro atoms. The number of ketones is 1. The number of anilines is 1. The van der Waals surface area contributed by atoms with Crippen LogP contribution in [0.3, 0.4) is 0 Å². The van der Waals surface area contributed by atoms with E-state index in [0.29, 0.717) is 11.1 Å². The highest BCUT2D eigenvalue weighted by Gasteiger charge is 2.47. The zero-order valence-electron chi connectivity index (χ0n) is 14.9. The topological polar surface area (TPSA) is 92.5 Å². The van der Waals surface area contributed by atoms with Gasteiger partial charge in [0.25, 0.3) is 5.69 Å². The third-order valence-electron chi connectivity index (χ3n) is 5.16. The number of hydrogen-bond acceptors (Lipinski definition) is 5. The molecule has 0 bridgehead atoms. The van der Waals surface area contributed by atoms with Gasteiger partial charge >= 0.3 is 0 Å². The fraction of sp³-hybridized carbons (Fsp3) is 0.136. The number of non-ortho nitro benzene ring substituents is 1. The van der Waals surface area contributed by atoms with Gasteiger partial charge in [0.2, 0.25) is 0 Å². The lowest BCUT2D eigenvalue weighted by atomic mass is 9.80. The summed E-state index contributed by atoms with van der Waals surface area (Å²) in [6.07, 6.45) is -0.880. The Bertz CT molecular complexity index is 1030. The molecule has 0 aromatic heterocycles. The van der Waals surface area contributed by atoms with Crippen molar-refractivity contribution in [1.82, 2.24) is 0 Å². The van der Waals surface area contributed by atoms with Crippen molar-refractivity contribution in [3.63, 3.8) is 0 Å². The van der Waals surface area contributed by atoms with Crippen LogP contribution in [0.15, 0.2) is 78.9 Å². The molecule has 2 unspecified atom stereocenters. The number of fused-ring (bicyclic) bond motifs is 1. The normalized spacial score (nSPS) is 19.0. The van der Waals surface area contributed by atoms with Crippen molar-refractivity contribution in [2.75, 3.05) is 5.32 Å². The molecule has 0 saturated carbocycles. The number of benzene rings is 3. The highest BCUT2D eigenvalue weighted by Crippen LogP contribution is 2.44. The Hall–Kier alpha value is -3.51. The van der Waals surface area contributed by atoms with Crippen LogP contribution in [0.25, 0.3) is 0 Å². The van der Waals surface area contributed by atoms with E-state index in [0.717, 1.165) is 11.3 Å². The molecule has 0 saturated heterocycles. The summed E-state index contributed by atoms with van der Waals surface area (Å²) >= 11 is 0. The van der Waals surface area contributed by atoms with Gasteiger partial charge in [-0.2, -0.15) is 0 Å². The Morgan fingerprint density at radius 3 is 2.25 bits per heavy atom. The van der Waals surface area contributed by atoms with Gasteiger partial charge in [0, 0.05) is 29.8 Å². The highest BCUT2D eigenvalue weighted by atomic mass is 16.6. The smallest absolute Gasteiger partial charge is 0.269 e. The lowest BCUT2D eigenvalue weighted by molar-refractivity contribution is -0.384. The van der Waals surface area contributed by atoms with E-state index < -0.39 is 16.6 Å². The maximum absolute atomic E-state index is 13.4. The maximum Gasteiger partial charge on any atom is 0.269 e. The molecule has 2 N–H and O–H groups in total. The number of para-hydroxylation sites is 1. The summed E-state index contributed by atoms with van der Waals surface area (Å²) in [4.78, 5) is 23.7. The first-order chi connectivity index (χ1) is 13.5. The summed E-state index contributed by atoms with van der Waals surface area (Å²) < 4.78 is 0. The van der Waals surface area contributed by atoms with Crippen molar-refractivity contribution in [3.05, 3.63) is 106 Å². The summed E-state index contributed by atoms with van der Waals surface area (Å²) in [5.41, 5.74) is 1.45. The first-order valence-electron chi connectivity index (χ1n) is 8.91. The van der Waals surface area contributed by atoms with Crippen molar-refractivity contribution in [2.45, 2.75) is 18.1 Å². The fourth-order valence-electron chi connectivity index (χ4n) is 3.72. The lowest BCUT2D eigenvalue weighted by Gasteiger charge is -2.31. The van der Waals surface area contributed by atoms with Gasteiger partial charge in [-0.1, -0.05) is 42.5 Å². The van der Waals surface area contributed by atoms with Gasteiger partial charge in [0.15, 0.2) is 5.78 Å². The van der Waals surface area contributed by atoms with E-state index in [2.05, 4.69) is 5.32 Å². The number of carbonyl (C=O) groups excluding carboxylic acids is 1. The van der Waals surface area contributed by atoms with Crippen LogP contribution in [-0.2, 0) is 5.54 Å². The van der Waals surface area contributed by atoms with Crippen LogP contribution >= 0.6 is 0 Å². The SMILES string of the molecule is O=C1c2ccccc2NC1(CC(O)c1ccc([N+](=O)[O-])cc1)c1ccccc1. The third-order valence-corrected chi connectivity index (χ3v) is 5.16. The minimum atomic E-state index is -1.11. The molecule has 4 rings (SSSR count). The number of Topliss-reactive ketones (excluding diaryl/α,β-unsaturated/α-hetero) is 1. The predicted octanol–water partition coefficient (Wildman–Crippen LogP) is 4.22. The fourth-order valence-corrected chi connectivity index (χ4v) is 3.72. The number of aliphatic hydroxyl groups is 1. The number of nitro groups is 1. The van der Waals surface area contributed by atoms with Crippen LogP contribution in [0.4, 0.5) is 11.4 Å². The van der Waals surface area contributed by atoms with Crippen LogP contribution in [0.1, 0.15) is 34.0 Å². The summed E-state index contributed by atoms with van der Waals surface area (Å²) in [7, 11) is 0. The van der Waals surface area contributed by atoms with Crippen molar-refractivity contribution >= 4 is 17.2 Å². The first-order valence-corrected chi connectivity index (χ1v) is 8.91. The van der Waals surface area contributed by atoms with Crippen molar-refractivity contribution in [3.8, 4) is 0 Å².